The van der Waals surface area contributed by atoms with Crippen molar-refractivity contribution in [3.63, 3.8) is 0 Å². The van der Waals surface area contributed by atoms with Crippen LogP contribution < -0.4 is 4.90 Å². The van der Waals surface area contributed by atoms with Gasteiger partial charge in [0.05, 0.1) is 5.69 Å². The normalized spacial score (nSPS) is 21.1. The van der Waals surface area contributed by atoms with Gasteiger partial charge >= 0.3 is 12.1 Å². The van der Waals surface area contributed by atoms with Gasteiger partial charge in [0, 0.05) is 51.3 Å². The molecule has 2 aromatic rings. The number of pyridine rings is 1. The van der Waals surface area contributed by atoms with Crippen LogP contribution in [0.4, 0.5) is 19.1 Å². The number of aliphatic carboxylic acids is 1. The SMILES string of the molecule is CCc1cnc(N2C[C@H]3CN(Cc4ccccn4)C[C@H]3C2)nc1.O=C(O)C(F)(F)F. The van der Waals surface area contributed by atoms with E-state index in [-0.39, 0.29) is 0 Å². The Hall–Kier alpha value is -2.75. The van der Waals surface area contributed by atoms with Gasteiger partial charge in [0.2, 0.25) is 5.95 Å². The molecule has 0 aliphatic carbocycles. The number of fused-ring (bicyclic) bond motifs is 1. The number of aromatic nitrogens is 3. The van der Waals surface area contributed by atoms with Crippen molar-refractivity contribution >= 4 is 11.9 Å². The minimum Gasteiger partial charge on any atom is -0.475 e. The van der Waals surface area contributed by atoms with Gasteiger partial charge in [-0.2, -0.15) is 13.2 Å². The van der Waals surface area contributed by atoms with E-state index in [2.05, 4.69) is 43.8 Å². The zero-order valence-corrected chi connectivity index (χ0v) is 16.6. The van der Waals surface area contributed by atoms with Crippen molar-refractivity contribution in [1.29, 1.82) is 0 Å². The summed E-state index contributed by atoms with van der Waals surface area (Å²) in [6.07, 6.45) is 1.72. The van der Waals surface area contributed by atoms with Crippen molar-refractivity contribution in [3.8, 4) is 0 Å². The standard InChI is InChI=1S/C18H23N5.C2HF3O2/c1-2-14-7-20-18(21-8-14)23-11-15-9-22(10-16(15)12-23)13-17-5-3-4-6-19-17;3-2(4,5)1(6)7/h3-8,15-16H,2,9-13H2,1H3;(H,6,7)/t15-,16+;. The largest absolute Gasteiger partial charge is 0.490 e. The molecule has 0 bridgehead atoms. The van der Waals surface area contributed by atoms with Crippen LogP contribution in [0.15, 0.2) is 36.8 Å². The number of hydrogen-bond acceptors (Lipinski definition) is 6. The molecule has 0 amide bonds. The maximum absolute atomic E-state index is 10.6. The number of likely N-dealkylation sites (tertiary alicyclic amines) is 1. The number of carbonyl (C=O) groups is 1. The molecule has 1 N–H and O–H groups in total. The van der Waals surface area contributed by atoms with Crippen molar-refractivity contribution in [2.75, 3.05) is 31.1 Å². The van der Waals surface area contributed by atoms with E-state index < -0.39 is 12.1 Å². The molecule has 162 valence electrons. The van der Waals surface area contributed by atoms with Gasteiger partial charge in [0.1, 0.15) is 0 Å². The molecule has 4 heterocycles. The van der Waals surface area contributed by atoms with Gasteiger partial charge in [-0.05, 0) is 36.0 Å². The maximum atomic E-state index is 10.6. The predicted octanol–water partition coefficient (Wildman–Crippen LogP) is 2.64. The Morgan fingerprint density at radius 2 is 1.70 bits per heavy atom. The molecule has 0 unspecified atom stereocenters. The average molecular weight is 423 g/mol. The Morgan fingerprint density at radius 3 is 2.17 bits per heavy atom. The molecular formula is C20H24F3N5O2. The summed E-state index contributed by atoms with van der Waals surface area (Å²) in [4.78, 5) is 27.3. The number of hydrogen-bond donors (Lipinski definition) is 1. The topological polar surface area (TPSA) is 82.5 Å². The lowest BCUT2D eigenvalue weighted by Crippen LogP contribution is -2.29. The predicted molar refractivity (Wildman–Crippen MR) is 104 cm³/mol. The molecule has 0 spiro atoms. The molecule has 2 aliphatic heterocycles. The fourth-order valence-electron chi connectivity index (χ4n) is 3.80. The molecule has 2 atom stereocenters. The summed E-state index contributed by atoms with van der Waals surface area (Å²) in [5, 5.41) is 7.12. The number of halogens is 3. The average Bonchev–Trinajstić information content (AvgIpc) is 3.27. The molecule has 2 aromatic heterocycles. The maximum Gasteiger partial charge on any atom is 0.490 e. The Morgan fingerprint density at radius 1 is 1.10 bits per heavy atom. The smallest absolute Gasteiger partial charge is 0.475 e. The summed E-state index contributed by atoms with van der Waals surface area (Å²) in [5.74, 6) is -0.401. The Kier molecular flexibility index (Phi) is 6.86. The summed E-state index contributed by atoms with van der Waals surface area (Å²) in [5.41, 5.74) is 2.37. The van der Waals surface area contributed by atoms with Crippen molar-refractivity contribution in [2.45, 2.75) is 26.1 Å². The third-order valence-electron chi connectivity index (χ3n) is 5.30. The highest BCUT2D eigenvalue weighted by molar-refractivity contribution is 5.73. The second-order valence-electron chi connectivity index (χ2n) is 7.49. The summed E-state index contributed by atoms with van der Waals surface area (Å²) < 4.78 is 31.7. The van der Waals surface area contributed by atoms with Crippen molar-refractivity contribution in [3.05, 3.63) is 48.0 Å². The van der Waals surface area contributed by atoms with Crippen LogP contribution in [-0.4, -0.2) is 63.3 Å². The first kappa shape index (κ1) is 21.9. The van der Waals surface area contributed by atoms with Crippen LogP contribution in [0.1, 0.15) is 18.2 Å². The highest BCUT2D eigenvalue weighted by Crippen LogP contribution is 2.33. The lowest BCUT2D eigenvalue weighted by Gasteiger charge is -2.21. The minimum absolute atomic E-state index is 0.730. The number of aryl methyl sites for hydroxylation is 1. The molecule has 10 heteroatoms. The van der Waals surface area contributed by atoms with Crippen LogP contribution in [0.5, 0.6) is 0 Å². The zero-order chi connectivity index (χ0) is 21.7. The van der Waals surface area contributed by atoms with E-state index >= 15 is 0 Å². The monoisotopic (exact) mass is 423 g/mol. The van der Waals surface area contributed by atoms with Crippen LogP contribution >= 0.6 is 0 Å². The number of alkyl halides is 3. The molecular weight excluding hydrogens is 399 g/mol. The van der Waals surface area contributed by atoms with Crippen LogP contribution in [0.2, 0.25) is 0 Å². The van der Waals surface area contributed by atoms with Gasteiger partial charge in [-0.3, -0.25) is 9.88 Å². The highest BCUT2D eigenvalue weighted by atomic mass is 19.4. The molecule has 4 rings (SSSR count). The van der Waals surface area contributed by atoms with E-state index in [1.54, 1.807) is 0 Å². The summed E-state index contributed by atoms with van der Waals surface area (Å²) in [6, 6.07) is 6.16. The van der Waals surface area contributed by atoms with Crippen LogP contribution in [0, 0.1) is 11.8 Å². The fraction of sp³-hybridized carbons (Fsp3) is 0.500. The first-order valence-electron chi connectivity index (χ1n) is 9.74. The molecule has 2 aliphatic rings. The van der Waals surface area contributed by atoms with E-state index in [1.165, 1.54) is 11.3 Å². The summed E-state index contributed by atoms with van der Waals surface area (Å²) in [7, 11) is 0. The number of nitrogens with zero attached hydrogens (tertiary/aromatic N) is 5. The van der Waals surface area contributed by atoms with E-state index in [1.807, 2.05) is 24.7 Å². The Bertz CT molecular complexity index is 819. The summed E-state index contributed by atoms with van der Waals surface area (Å²) in [6.45, 7) is 7.57. The van der Waals surface area contributed by atoms with E-state index in [9.17, 15) is 13.2 Å². The summed E-state index contributed by atoms with van der Waals surface area (Å²) >= 11 is 0. The first-order chi connectivity index (χ1) is 14.3. The minimum atomic E-state index is -5.08. The van der Waals surface area contributed by atoms with Gasteiger partial charge in [-0.25, -0.2) is 14.8 Å². The number of carboxylic acids is 1. The third-order valence-corrected chi connectivity index (χ3v) is 5.30. The van der Waals surface area contributed by atoms with Crippen molar-refractivity contribution in [2.24, 2.45) is 11.8 Å². The van der Waals surface area contributed by atoms with E-state index in [4.69, 9.17) is 9.90 Å². The van der Waals surface area contributed by atoms with E-state index in [0.29, 0.717) is 0 Å². The van der Waals surface area contributed by atoms with Crippen LogP contribution in [-0.2, 0) is 17.8 Å². The van der Waals surface area contributed by atoms with Gasteiger partial charge < -0.3 is 10.0 Å². The molecule has 0 aromatic carbocycles. The van der Waals surface area contributed by atoms with Gasteiger partial charge in [-0.1, -0.05) is 13.0 Å². The van der Waals surface area contributed by atoms with Crippen LogP contribution in [0.25, 0.3) is 0 Å². The molecule has 7 nitrogen and oxygen atoms in total. The number of carboxylic acid groups (broad SMARTS) is 1. The van der Waals surface area contributed by atoms with Crippen LogP contribution in [0.3, 0.4) is 0 Å². The molecule has 30 heavy (non-hydrogen) atoms. The second-order valence-corrected chi connectivity index (χ2v) is 7.49. The Labute approximate surface area is 172 Å². The fourth-order valence-corrected chi connectivity index (χ4v) is 3.80. The molecule has 0 saturated carbocycles. The quantitative estimate of drug-likeness (QED) is 0.810. The molecule has 0 radical (unpaired) electrons. The number of rotatable bonds is 4. The van der Waals surface area contributed by atoms with E-state index in [0.717, 1.165) is 56.9 Å². The lowest BCUT2D eigenvalue weighted by molar-refractivity contribution is -0.192. The second kappa shape index (κ2) is 9.38. The van der Waals surface area contributed by atoms with Gasteiger partial charge in [-0.15, -0.1) is 0 Å². The van der Waals surface area contributed by atoms with Gasteiger partial charge in [0.15, 0.2) is 0 Å². The molecule has 2 fully saturated rings. The third kappa shape index (κ3) is 5.65. The van der Waals surface area contributed by atoms with Crippen molar-refractivity contribution < 1.29 is 23.1 Å². The Balaban J connectivity index is 0.000000318. The number of anilines is 1. The zero-order valence-electron chi connectivity index (χ0n) is 16.6. The lowest BCUT2D eigenvalue weighted by atomic mass is 10.0. The van der Waals surface area contributed by atoms with Gasteiger partial charge in [0.25, 0.3) is 0 Å². The molecule has 2 saturated heterocycles. The van der Waals surface area contributed by atoms with Crippen molar-refractivity contribution in [1.82, 2.24) is 19.9 Å². The first-order valence-corrected chi connectivity index (χ1v) is 9.74. The highest BCUT2D eigenvalue weighted by Gasteiger charge is 2.40.